The fourth-order valence-electron chi connectivity index (χ4n) is 2.23. The lowest BCUT2D eigenvalue weighted by Gasteiger charge is -2.31. The first-order chi connectivity index (χ1) is 10.8. The lowest BCUT2D eigenvalue weighted by molar-refractivity contribution is -0.137. The minimum absolute atomic E-state index is 0. The average molecular weight is 369 g/mol. The highest BCUT2D eigenvalue weighted by molar-refractivity contribution is 5.86. The first-order valence-electron chi connectivity index (χ1n) is 7.26. The highest BCUT2D eigenvalue weighted by atomic mass is 35.5. The summed E-state index contributed by atoms with van der Waals surface area (Å²) < 4.78 is 48.1. The Hall–Kier alpha value is -1.51. The molecule has 0 aromatic heterocycles. The first-order valence-corrected chi connectivity index (χ1v) is 7.26. The van der Waals surface area contributed by atoms with Crippen LogP contribution in [0.25, 0.3) is 0 Å². The maximum atomic E-state index is 12.6. The van der Waals surface area contributed by atoms with Crippen molar-refractivity contribution in [3.63, 3.8) is 0 Å². The maximum Gasteiger partial charge on any atom is 0.416 e. The van der Waals surface area contributed by atoms with E-state index in [0.717, 1.165) is 12.1 Å². The Labute approximate surface area is 144 Å². The van der Waals surface area contributed by atoms with Gasteiger partial charge in [0.05, 0.1) is 17.6 Å². The Morgan fingerprint density at radius 3 is 2.62 bits per heavy atom. The standard InChI is InChI=1S/C15H19F3N2O3.ClH/c16-15(17,18)11-2-1-3-12(10-11)23-9-6-20-13(21)14(19)4-7-22-8-5-14;/h1-3,10H,4-9,19H2,(H,20,21);1H. The van der Waals surface area contributed by atoms with E-state index in [2.05, 4.69) is 5.32 Å². The van der Waals surface area contributed by atoms with Crippen molar-refractivity contribution in [2.24, 2.45) is 5.73 Å². The molecule has 24 heavy (non-hydrogen) atoms. The van der Waals surface area contributed by atoms with Crippen LogP contribution in [0.4, 0.5) is 13.2 Å². The molecule has 1 heterocycles. The lowest BCUT2D eigenvalue weighted by Crippen LogP contribution is -2.57. The lowest BCUT2D eigenvalue weighted by atomic mass is 9.90. The fourth-order valence-corrected chi connectivity index (χ4v) is 2.23. The summed E-state index contributed by atoms with van der Waals surface area (Å²) in [6.45, 7) is 1.09. The number of carbonyl (C=O) groups excluding carboxylic acids is 1. The van der Waals surface area contributed by atoms with Crippen molar-refractivity contribution in [2.75, 3.05) is 26.4 Å². The van der Waals surface area contributed by atoms with Crippen molar-refractivity contribution >= 4 is 18.3 Å². The minimum atomic E-state index is -4.41. The van der Waals surface area contributed by atoms with Gasteiger partial charge in [-0.3, -0.25) is 4.79 Å². The van der Waals surface area contributed by atoms with E-state index in [1.165, 1.54) is 12.1 Å². The third-order valence-corrected chi connectivity index (χ3v) is 3.65. The zero-order valence-electron chi connectivity index (χ0n) is 12.9. The summed E-state index contributed by atoms with van der Waals surface area (Å²) in [6.07, 6.45) is -3.54. The van der Waals surface area contributed by atoms with Gasteiger partial charge in [0.25, 0.3) is 0 Å². The minimum Gasteiger partial charge on any atom is -0.492 e. The number of nitrogens with two attached hydrogens (primary N) is 1. The van der Waals surface area contributed by atoms with E-state index in [1.807, 2.05) is 0 Å². The number of rotatable bonds is 5. The molecule has 0 atom stereocenters. The summed E-state index contributed by atoms with van der Waals surface area (Å²) >= 11 is 0. The summed E-state index contributed by atoms with van der Waals surface area (Å²) in [7, 11) is 0. The largest absolute Gasteiger partial charge is 0.492 e. The van der Waals surface area contributed by atoms with Gasteiger partial charge in [-0.2, -0.15) is 13.2 Å². The average Bonchev–Trinajstić information content (AvgIpc) is 2.51. The Kier molecular flexibility index (Phi) is 7.31. The molecule has 1 amide bonds. The number of amides is 1. The fraction of sp³-hybridized carbons (Fsp3) is 0.533. The number of hydrogen-bond donors (Lipinski definition) is 2. The van der Waals surface area contributed by atoms with Crippen molar-refractivity contribution < 1.29 is 27.4 Å². The van der Waals surface area contributed by atoms with E-state index in [1.54, 1.807) is 0 Å². The molecule has 1 aliphatic rings. The molecule has 1 saturated heterocycles. The molecule has 0 saturated carbocycles. The topological polar surface area (TPSA) is 73.6 Å². The van der Waals surface area contributed by atoms with Crippen LogP contribution < -0.4 is 15.8 Å². The van der Waals surface area contributed by atoms with Crippen LogP contribution in [0.15, 0.2) is 24.3 Å². The van der Waals surface area contributed by atoms with E-state index in [-0.39, 0.29) is 37.2 Å². The predicted octanol–water partition coefficient (Wildman–Crippen LogP) is 2.13. The Bertz CT molecular complexity index is 549. The Morgan fingerprint density at radius 1 is 1.33 bits per heavy atom. The molecule has 1 aromatic rings. The second-order valence-electron chi connectivity index (χ2n) is 5.40. The molecule has 0 bridgehead atoms. The molecule has 1 aliphatic heterocycles. The van der Waals surface area contributed by atoms with Crippen LogP contribution in [-0.4, -0.2) is 37.8 Å². The number of carbonyl (C=O) groups is 1. The number of ether oxygens (including phenoxy) is 2. The first kappa shape index (κ1) is 20.5. The van der Waals surface area contributed by atoms with Crippen LogP contribution in [0, 0.1) is 0 Å². The van der Waals surface area contributed by atoms with Gasteiger partial charge in [-0.25, -0.2) is 0 Å². The second-order valence-corrected chi connectivity index (χ2v) is 5.40. The predicted molar refractivity (Wildman–Crippen MR) is 84.2 cm³/mol. The summed E-state index contributed by atoms with van der Waals surface area (Å²) in [4.78, 5) is 12.0. The van der Waals surface area contributed by atoms with Gasteiger partial charge in [-0.05, 0) is 31.0 Å². The smallest absolute Gasteiger partial charge is 0.416 e. The molecule has 0 aliphatic carbocycles. The molecule has 0 radical (unpaired) electrons. The van der Waals surface area contributed by atoms with E-state index < -0.39 is 17.3 Å². The van der Waals surface area contributed by atoms with Gasteiger partial charge >= 0.3 is 6.18 Å². The van der Waals surface area contributed by atoms with Crippen LogP contribution in [-0.2, 0) is 15.7 Å². The molecule has 2 rings (SSSR count). The highest BCUT2D eigenvalue weighted by Gasteiger charge is 2.35. The molecular weight excluding hydrogens is 349 g/mol. The third kappa shape index (κ3) is 5.54. The molecule has 3 N–H and O–H groups in total. The maximum absolute atomic E-state index is 12.6. The number of alkyl halides is 3. The molecule has 9 heteroatoms. The summed E-state index contributed by atoms with van der Waals surface area (Å²) in [5.41, 5.74) is 4.28. The van der Waals surface area contributed by atoms with Crippen LogP contribution in [0.1, 0.15) is 18.4 Å². The van der Waals surface area contributed by atoms with Gasteiger partial charge in [0, 0.05) is 13.2 Å². The monoisotopic (exact) mass is 368 g/mol. The molecule has 5 nitrogen and oxygen atoms in total. The normalized spacial score (nSPS) is 16.8. The zero-order chi connectivity index (χ0) is 16.9. The van der Waals surface area contributed by atoms with Gasteiger partial charge in [0.2, 0.25) is 5.91 Å². The number of halogens is 4. The van der Waals surface area contributed by atoms with Crippen molar-refractivity contribution in [3.8, 4) is 5.75 Å². The number of benzene rings is 1. The van der Waals surface area contributed by atoms with E-state index >= 15 is 0 Å². The molecule has 1 fully saturated rings. The second kappa shape index (κ2) is 8.55. The molecule has 136 valence electrons. The van der Waals surface area contributed by atoms with E-state index in [0.29, 0.717) is 26.1 Å². The number of hydrogen-bond acceptors (Lipinski definition) is 4. The Balaban J connectivity index is 0.00000288. The third-order valence-electron chi connectivity index (χ3n) is 3.65. The van der Waals surface area contributed by atoms with E-state index in [4.69, 9.17) is 15.2 Å². The van der Waals surface area contributed by atoms with Crippen molar-refractivity contribution in [2.45, 2.75) is 24.6 Å². The highest BCUT2D eigenvalue weighted by Crippen LogP contribution is 2.31. The summed E-state index contributed by atoms with van der Waals surface area (Å²) in [5, 5.41) is 2.64. The van der Waals surface area contributed by atoms with Crippen molar-refractivity contribution in [1.82, 2.24) is 5.32 Å². The van der Waals surface area contributed by atoms with Gasteiger partial charge in [-0.1, -0.05) is 6.07 Å². The van der Waals surface area contributed by atoms with Crippen LogP contribution in [0.3, 0.4) is 0 Å². The van der Waals surface area contributed by atoms with Crippen LogP contribution in [0.5, 0.6) is 5.75 Å². The van der Waals surface area contributed by atoms with Crippen molar-refractivity contribution in [1.29, 1.82) is 0 Å². The Morgan fingerprint density at radius 2 is 2.00 bits per heavy atom. The number of nitrogens with one attached hydrogen (secondary N) is 1. The molecular formula is C15H20ClF3N2O3. The molecule has 0 spiro atoms. The van der Waals surface area contributed by atoms with Gasteiger partial charge < -0.3 is 20.5 Å². The molecule has 1 aromatic carbocycles. The van der Waals surface area contributed by atoms with Gasteiger partial charge in [-0.15, -0.1) is 12.4 Å². The summed E-state index contributed by atoms with van der Waals surface area (Å²) in [5.74, 6) is -0.198. The summed E-state index contributed by atoms with van der Waals surface area (Å²) in [6, 6.07) is 4.59. The van der Waals surface area contributed by atoms with Gasteiger partial charge in [0.15, 0.2) is 0 Å². The SMILES string of the molecule is Cl.NC1(C(=O)NCCOc2cccc(C(F)(F)F)c2)CCOCC1. The quantitative estimate of drug-likeness (QED) is 0.781. The van der Waals surface area contributed by atoms with Crippen LogP contribution in [0.2, 0.25) is 0 Å². The molecule has 0 unspecified atom stereocenters. The zero-order valence-corrected chi connectivity index (χ0v) is 13.7. The van der Waals surface area contributed by atoms with Crippen LogP contribution >= 0.6 is 12.4 Å². The van der Waals surface area contributed by atoms with Crippen molar-refractivity contribution in [3.05, 3.63) is 29.8 Å². The van der Waals surface area contributed by atoms with E-state index in [9.17, 15) is 18.0 Å². The van der Waals surface area contributed by atoms with Gasteiger partial charge in [0.1, 0.15) is 12.4 Å².